The Morgan fingerprint density at radius 1 is 1.29 bits per heavy atom. The van der Waals surface area contributed by atoms with Crippen molar-refractivity contribution in [1.82, 2.24) is 5.32 Å². The molecule has 0 saturated carbocycles. The second-order valence-electron chi connectivity index (χ2n) is 2.92. The van der Waals surface area contributed by atoms with Crippen LogP contribution in [0.15, 0.2) is 18.2 Å². The minimum atomic E-state index is -0.487. The Bertz CT molecular complexity index is 417. The standard InChI is InChI=1S/C9H7FN2O2/c10-5-1-2-6-7(3-5)12-8(13)4-11-9(6)14/h1-3H,4H2,(H,11,14)(H,12,13). The van der Waals surface area contributed by atoms with Crippen LogP contribution in [0.3, 0.4) is 0 Å². The lowest BCUT2D eigenvalue weighted by Crippen LogP contribution is -2.28. The van der Waals surface area contributed by atoms with Gasteiger partial charge >= 0.3 is 0 Å². The third-order valence-electron chi connectivity index (χ3n) is 1.91. The molecule has 1 aliphatic rings. The number of halogens is 1. The van der Waals surface area contributed by atoms with Crippen molar-refractivity contribution >= 4 is 17.5 Å². The van der Waals surface area contributed by atoms with Crippen LogP contribution >= 0.6 is 0 Å². The van der Waals surface area contributed by atoms with Crippen LogP contribution in [0.2, 0.25) is 0 Å². The van der Waals surface area contributed by atoms with E-state index in [0.717, 1.165) is 6.07 Å². The summed E-state index contributed by atoms with van der Waals surface area (Å²) in [4.78, 5) is 22.4. The van der Waals surface area contributed by atoms with E-state index in [1.807, 2.05) is 0 Å². The molecule has 72 valence electrons. The number of carbonyl (C=O) groups is 2. The molecule has 0 aliphatic carbocycles. The summed E-state index contributed by atoms with van der Waals surface area (Å²) in [5.74, 6) is -1.22. The molecule has 0 saturated heterocycles. The number of carbonyl (C=O) groups excluding carboxylic acids is 2. The van der Waals surface area contributed by atoms with Crippen LogP contribution in [0.4, 0.5) is 10.1 Å². The van der Waals surface area contributed by atoms with Crippen molar-refractivity contribution in [3.05, 3.63) is 29.6 Å². The number of nitrogens with one attached hydrogen (secondary N) is 2. The third-order valence-corrected chi connectivity index (χ3v) is 1.91. The molecule has 0 bridgehead atoms. The van der Waals surface area contributed by atoms with Crippen molar-refractivity contribution in [3.63, 3.8) is 0 Å². The van der Waals surface area contributed by atoms with Crippen molar-refractivity contribution in [2.45, 2.75) is 0 Å². The predicted molar refractivity (Wildman–Crippen MR) is 47.4 cm³/mol. The maximum Gasteiger partial charge on any atom is 0.253 e. The normalized spacial score (nSPS) is 15.2. The first-order chi connectivity index (χ1) is 6.66. The molecule has 1 heterocycles. The maximum absolute atomic E-state index is 12.8. The fourth-order valence-electron chi connectivity index (χ4n) is 1.27. The van der Waals surface area contributed by atoms with Gasteiger partial charge in [0.15, 0.2) is 0 Å². The highest BCUT2D eigenvalue weighted by atomic mass is 19.1. The number of amides is 2. The zero-order valence-electron chi connectivity index (χ0n) is 7.13. The molecular formula is C9H7FN2O2. The fraction of sp³-hybridized carbons (Fsp3) is 0.111. The molecule has 5 heteroatoms. The monoisotopic (exact) mass is 194 g/mol. The first-order valence-electron chi connectivity index (χ1n) is 4.04. The van der Waals surface area contributed by atoms with E-state index in [1.54, 1.807) is 0 Å². The Labute approximate surface area is 79.1 Å². The number of rotatable bonds is 0. The lowest BCUT2D eigenvalue weighted by atomic mass is 10.1. The van der Waals surface area contributed by atoms with E-state index in [-0.39, 0.29) is 29.6 Å². The quantitative estimate of drug-likeness (QED) is 0.632. The molecule has 1 aromatic rings. The van der Waals surface area contributed by atoms with Crippen LogP contribution < -0.4 is 10.6 Å². The maximum atomic E-state index is 12.8. The van der Waals surface area contributed by atoms with Crippen molar-refractivity contribution in [3.8, 4) is 0 Å². The van der Waals surface area contributed by atoms with E-state index < -0.39 is 5.82 Å². The van der Waals surface area contributed by atoms with Crippen molar-refractivity contribution in [2.24, 2.45) is 0 Å². The molecular weight excluding hydrogens is 187 g/mol. The molecule has 0 fully saturated rings. The van der Waals surface area contributed by atoms with E-state index in [1.165, 1.54) is 12.1 Å². The number of anilines is 1. The Balaban J connectivity index is 2.52. The number of fused-ring (bicyclic) bond motifs is 1. The lowest BCUT2D eigenvalue weighted by molar-refractivity contribution is -0.115. The minimum Gasteiger partial charge on any atom is -0.343 e. The molecule has 2 rings (SSSR count). The van der Waals surface area contributed by atoms with Crippen LogP contribution in [-0.2, 0) is 4.79 Å². The summed E-state index contributed by atoms with van der Waals surface area (Å²) in [6.07, 6.45) is 0. The summed E-state index contributed by atoms with van der Waals surface area (Å²) in [7, 11) is 0. The number of hydrogen-bond donors (Lipinski definition) is 2. The van der Waals surface area contributed by atoms with E-state index in [9.17, 15) is 14.0 Å². The van der Waals surface area contributed by atoms with Gasteiger partial charge in [0.05, 0.1) is 17.8 Å². The van der Waals surface area contributed by atoms with Gasteiger partial charge in [-0.3, -0.25) is 9.59 Å². The number of benzene rings is 1. The van der Waals surface area contributed by atoms with E-state index >= 15 is 0 Å². The van der Waals surface area contributed by atoms with Gasteiger partial charge in [-0.05, 0) is 18.2 Å². The topological polar surface area (TPSA) is 58.2 Å². The van der Waals surface area contributed by atoms with Gasteiger partial charge in [-0.15, -0.1) is 0 Å². The summed E-state index contributed by atoms with van der Waals surface area (Å²) < 4.78 is 12.8. The minimum absolute atomic E-state index is 0.0882. The molecule has 14 heavy (non-hydrogen) atoms. The molecule has 1 aromatic carbocycles. The molecule has 0 unspecified atom stereocenters. The average Bonchev–Trinajstić information content (AvgIpc) is 2.26. The van der Waals surface area contributed by atoms with Gasteiger partial charge in [0.2, 0.25) is 5.91 Å². The Morgan fingerprint density at radius 3 is 2.86 bits per heavy atom. The summed E-state index contributed by atoms with van der Waals surface area (Å²) in [6, 6.07) is 3.64. The van der Waals surface area contributed by atoms with Gasteiger partial charge in [0.25, 0.3) is 5.91 Å². The third kappa shape index (κ3) is 1.44. The Morgan fingerprint density at radius 2 is 2.07 bits per heavy atom. The van der Waals surface area contributed by atoms with Crippen molar-refractivity contribution < 1.29 is 14.0 Å². The predicted octanol–water partition coefficient (Wildman–Crippen LogP) is 0.508. The second kappa shape index (κ2) is 3.10. The molecule has 0 radical (unpaired) electrons. The highest BCUT2D eigenvalue weighted by Crippen LogP contribution is 2.18. The second-order valence-corrected chi connectivity index (χ2v) is 2.92. The Kier molecular flexibility index (Phi) is 1.92. The van der Waals surface area contributed by atoms with Gasteiger partial charge in [-0.1, -0.05) is 0 Å². The van der Waals surface area contributed by atoms with Gasteiger partial charge in [0.1, 0.15) is 5.82 Å². The van der Waals surface area contributed by atoms with E-state index in [0.29, 0.717) is 0 Å². The zero-order chi connectivity index (χ0) is 10.1. The SMILES string of the molecule is O=C1CNC(=O)c2ccc(F)cc2N1. The molecule has 0 aromatic heterocycles. The number of hydrogen-bond acceptors (Lipinski definition) is 2. The first-order valence-corrected chi connectivity index (χ1v) is 4.04. The van der Waals surface area contributed by atoms with Gasteiger partial charge in [-0.2, -0.15) is 0 Å². The van der Waals surface area contributed by atoms with Crippen LogP contribution in [0.1, 0.15) is 10.4 Å². The average molecular weight is 194 g/mol. The largest absolute Gasteiger partial charge is 0.343 e. The van der Waals surface area contributed by atoms with Crippen LogP contribution in [0, 0.1) is 5.82 Å². The molecule has 0 atom stereocenters. The van der Waals surface area contributed by atoms with Crippen molar-refractivity contribution in [1.29, 1.82) is 0 Å². The molecule has 2 N–H and O–H groups in total. The van der Waals surface area contributed by atoms with E-state index in [2.05, 4.69) is 10.6 Å². The molecule has 4 nitrogen and oxygen atoms in total. The van der Waals surface area contributed by atoms with Gasteiger partial charge in [0, 0.05) is 0 Å². The summed E-state index contributed by atoms with van der Waals surface area (Å²) >= 11 is 0. The van der Waals surface area contributed by atoms with Crippen molar-refractivity contribution in [2.75, 3.05) is 11.9 Å². The summed E-state index contributed by atoms with van der Waals surface area (Å²) in [5, 5.41) is 4.83. The highest BCUT2D eigenvalue weighted by molar-refractivity contribution is 6.08. The Hall–Kier alpha value is -1.91. The summed E-state index contributed by atoms with van der Waals surface area (Å²) in [5.41, 5.74) is 0.488. The molecule has 0 spiro atoms. The highest BCUT2D eigenvalue weighted by Gasteiger charge is 2.18. The zero-order valence-corrected chi connectivity index (χ0v) is 7.13. The molecule has 1 aliphatic heterocycles. The smallest absolute Gasteiger partial charge is 0.253 e. The van der Waals surface area contributed by atoms with E-state index in [4.69, 9.17) is 0 Å². The van der Waals surface area contributed by atoms with Crippen LogP contribution in [0.25, 0.3) is 0 Å². The van der Waals surface area contributed by atoms with Crippen LogP contribution in [0.5, 0.6) is 0 Å². The molecule has 2 amide bonds. The van der Waals surface area contributed by atoms with Gasteiger partial charge < -0.3 is 10.6 Å². The van der Waals surface area contributed by atoms with Gasteiger partial charge in [-0.25, -0.2) is 4.39 Å². The van der Waals surface area contributed by atoms with Crippen LogP contribution in [-0.4, -0.2) is 18.4 Å². The fourth-order valence-corrected chi connectivity index (χ4v) is 1.27. The first kappa shape index (κ1) is 8.68. The summed E-state index contributed by atoms with van der Waals surface area (Å²) in [6.45, 7) is -0.0882. The lowest BCUT2D eigenvalue weighted by Gasteiger charge is -2.03.